The zero-order valence-electron chi connectivity index (χ0n) is 14.9. The van der Waals surface area contributed by atoms with Crippen molar-refractivity contribution >= 4 is 17.2 Å². The molecule has 1 saturated carbocycles. The summed E-state index contributed by atoms with van der Waals surface area (Å²) >= 11 is 1.46. The molecule has 1 amide bonds. The van der Waals surface area contributed by atoms with Gasteiger partial charge >= 0.3 is 0 Å². The number of hydrogen-bond acceptors (Lipinski definition) is 5. The lowest BCUT2D eigenvalue weighted by atomic mass is 9.86. The van der Waals surface area contributed by atoms with Gasteiger partial charge in [-0.1, -0.05) is 19.8 Å². The van der Waals surface area contributed by atoms with Crippen molar-refractivity contribution in [3.63, 3.8) is 0 Å². The quantitative estimate of drug-likeness (QED) is 0.871. The summed E-state index contributed by atoms with van der Waals surface area (Å²) in [7, 11) is 3.21. The number of methoxy groups -OCH3 is 2. The minimum atomic E-state index is -0.0817. The Labute approximate surface area is 152 Å². The molecule has 1 heterocycles. The van der Waals surface area contributed by atoms with Gasteiger partial charge in [-0.3, -0.25) is 4.79 Å². The van der Waals surface area contributed by atoms with Gasteiger partial charge in [0.25, 0.3) is 5.91 Å². The van der Waals surface area contributed by atoms with Crippen LogP contribution in [0.25, 0.3) is 10.6 Å². The average Bonchev–Trinajstić information content (AvgIpc) is 3.13. The largest absolute Gasteiger partial charge is 0.493 e. The third-order valence-corrected chi connectivity index (χ3v) is 5.69. The van der Waals surface area contributed by atoms with Crippen LogP contribution in [0.1, 0.15) is 43.1 Å². The number of benzene rings is 1. The van der Waals surface area contributed by atoms with Crippen molar-refractivity contribution in [3.05, 3.63) is 29.3 Å². The van der Waals surface area contributed by atoms with E-state index >= 15 is 0 Å². The van der Waals surface area contributed by atoms with Crippen LogP contribution < -0.4 is 14.8 Å². The highest BCUT2D eigenvalue weighted by molar-refractivity contribution is 7.13. The first-order valence-corrected chi connectivity index (χ1v) is 9.49. The van der Waals surface area contributed by atoms with Crippen LogP contribution in [0.15, 0.2) is 23.6 Å². The second-order valence-corrected chi connectivity index (χ2v) is 7.31. The average molecular weight is 360 g/mol. The third-order valence-electron chi connectivity index (χ3n) is 4.80. The minimum Gasteiger partial charge on any atom is -0.493 e. The topological polar surface area (TPSA) is 60.5 Å². The van der Waals surface area contributed by atoms with Crippen LogP contribution in [0, 0.1) is 5.92 Å². The van der Waals surface area contributed by atoms with E-state index in [4.69, 9.17) is 9.47 Å². The molecule has 0 unspecified atom stereocenters. The summed E-state index contributed by atoms with van der Waals surface area (Å²) in [6.07, 6.45) is 4.68. The summed E-state index contributed by atoms with van der Waals surface area (Å²) in [5.41, 5.74) is 1.39. The molecule has 1 aliphatic carbocycles. The Morgan fingerprint density at radius 2 is 1.96 bits per heavy atom. The van der Waals surface area contributed by atoms with E-state index in [-0.39, 0.29) is 11.9 Å². The number of aromatic nitrogens is 1. The molecule has 3 rings (SSSR count). The van der Waals surface area contributed by atoms with E-state index in [2.05, 4.69) is 17.2 Å². The van der Waals surface area contributed by atoms with Gasteiger partial charge in [-0.25, -0.2) is 4.98 Å². The van der Waals surface area contributed by atoms with Crippen molar-refractivity contribution in [3.8, 4) is 22.1 Å². The molecular weight excluding hydrogens is 336 g/mol. The van der Waals surface area contributed by atoms with E-state index in [9.17, 15) is 4.79 Å². The van der Waals surface area contributed by atoms with Gasteiger partial charge in [0.05, 0.1) is 14.2 Å². The van der Waals surface area contributed by atoms with Crippen LogP contribution in [0.5, 0.6) is 11.5 Å². The maximum absolute atomic E-state index is 12.5. The Bertz CT molecular complexity index is 744. The second kappa shape index (κ2) is 7.87. The molecule has 5 nitrogen and oxygen atoms in total. The molecule has 0 saturated heterocycles. The molecule has 6 heteroatoms. The number of rotatable bonds is 5. The highest BCUT2D eigenvalue weighted by atomic mass is 32.1. The minimum absolute atomic E-state index is 0.0817. The number of hydrogen-bond donors (Lipinski definition) is 1. The van der Waals surface area contributed by atoms with E-state index in [0.717, 1.165) is 17.0 Å². The molecule has 134 valence electrons. The molecule has 1 aliphatic rings. The number of carbonyl (C=O) groups is 1. The maximum Gasteiger partial charge on any atom is 0.271 e. The number of thiazole rings is 1. The number of nitrogens with zero attached hydrogens (tertiary/aromatic N) is 1. The van der Waals surface area contributed by atoms with Gasteiger partial charge in [-0.2, -0.15) is 0 Å². The van der Waals surface area contributed by atoms with Crippen LogP contribution >= 0.6 is 11.3 Å². The lowest BCUT2D eigenvalue weighted by molar-refractivity contribution is 0.0906. The lowest BCUT2D eigenvalue weighted by Gasteiger charge is -2.29. The first-order chi connectivity index (χ1) is 12.1. The monoisotopic (exact) mass is 360 g/mol. The fraction of sp³-hybridized carbons (Fsp3) is 0.474. The fourth-order valence-corrected chi connectivity index (χ4v) is 4.05. The molecule has 1 fully saturated rings. The van der Waals surface area contributed by atoms with E-state index in [0.29, 0.717) is 23.1 Å². The van der Waals surface area contributed by atoms with Crippen molar-refractivity contribution in [2.24, 2.45) is 5.92 Å². The molecule has 2 aromatic rings. The van der Waals surface area contributed by atoms with Crippen LogP contribution in [0.3, 0.4) is 0 Å². The number of carbonyl (C=O) groups excluding carboxylic acids is 1. The van der Waals surface area contributed by atoms with Crippen LogP contribution in [0.4, 0.5) is 0 Å². The number of ether oxygens (including phenoxy) is 2. The van der Waals surface area contributed by atoms with Crippen molar-refractivity contribution in [1.29, 1.82) is 0 Å². The highest BCUT2D eigenvalue weighted by Gasteiger charge is 2.24. The lowest BCUT2D eigenvalue weighted by Crippen LogP contribution is -2.41. The normalized spacial score (nSPS) is 20.1. The van der Waals surface area contributed by atoms with Gasteiger partial charge in [-0.05, 0) is 37.0 Å². The summed E-state index contributed by atoms with van der Waals surface area (Å²) in [5.74, 6) is 1.77. The van der Waals surface area contributed by atoms with Gasteiger partial charge < -0.3 is 14.8 Å². The Balaban J connectivity index is 1.74. The molecule has 0 bridgehead atoms. The fourth-order valence-electron chi connectivity index (χ4n) is 3.25. The smallest absolute Gasteiger partial charge is 0.271 e. The Hall–Kier alpha value is -2.08. The van der Waals surface area contributed by atoms with Crippen molar-refractivity contribution in [2.45, 2.75) is 38.6 Å². The van der Waals surface area contributed by atoms with Gasteiger partial charge in [0, 0.05) is 17.0 Å². The summed E-state index contributed by atoms with van der Waals surface area (Å²) in [4.78, 5) is 17.0. The maximum atomic E-state index is 12.5. The molecule has 1 N–H and O–H groups in total. The Morgan fingerprint density at radius 3 is 2.68 bits per heavy atom. The third kappa shape index (κ3) is 3.95. The molecular formula is C19H24N2O3S. The predicted molar refractivity (Wildman–Crippen MR) is 99.5 cm³/mol. The molecule has 1 aromatic heterocycles. The molecule has 0 radical (unpaired) electrons. The number of amides is 1. The first kappa shape index (κ1) is 17.7. The van der Waals surface area contributed by atoms with Gasteiger partial charge in [0.1, 0.15) is 10.7 Å². The van der Waals surface area contributed by atoms with Crippen LogP contribution in [0.2, 0.25) is 0 Å². The molecule has 2 atom stereocenters. The Kier molecular flexibility index (Phi) is 5.58. The molecule has 25 heavy (non-hydrogen) atoms. The zero-order chi connectivity index (χ0) is 17.8. The van der Waals surface area contributed by atoms with Gasteiger partial charge in [0.2, 0.25) is 0 Å². The molecule has 0 spiro atoms. The van der Waals surface area contributed by atoms with Crippen molar-refractivity contribution < 1.29 is 14.3 Å². The SMILES string of the molecule is COc1ccc(-c2nc(C(=O)N[C@@H]3CCCC[C@H]3C)cs2)cc1OC. The van der Waals surface area contributed by atoms with Gasteiger partial charge in [0.15, 0.2) is 11.5 Å². The first-order valence-electron chi connectivity index (χ1n) is 8.61. The van der Waals surface area contributed by atoms with E-state index in [1.165, 1.54) is 30.6 Å². The van der Waals surface area contributed by atoms with E-state index in [1.54, 1.807) is 14.2 Å². The van der Waals surface area contributed by atoms with Crippen LogP contribution in [-0.2, 0) is 0 Å². The summed E-state index contributed by atoms with van der Waals surface area (Å²) in [5, 5.41) is 5.76. The zero-order valence-corrected chi connectivity index (χ0v) is 15.7. The van der Waals surface area contributed by atoms with Crippen molar-refractivity contribution in [2.75, 3.05) is 14.2 Å². The molecule has 0 aliphatic heterocycles. The second-order valence-electron chi connectivity index (χ2n) is 6.45. The number of nitrogens with one attached hydrogen (secondary N) is 1. The predicted octanol–water partition coefficient (Wildman–Crippen LogP) is 4.14. The Morgan fingerprint density at radius 1 is 1.20 bits per heavy atom. The van der Waals surface area contributed by atoms with E-state index in [1.807, 2.05) is 23.6 Å². The summed E-state index contributed by atoms with van der Waals surface area (Å²) < 4.78 is 10.6. The highest BCUT2D eigenvalue weighted by Crippen LogP contribution is 2.33. The summed E-state index contributed by atoms with van der Waals surface area (Å²) in [6, 6.07) is 5.90. The summed E-state index contributed by atoms with van der Waals surface area (Å²) in [6.45, 7) is 2.21. The molecule has 1 aromatic carbocycles. The van der Waals surface area contributed by atoms with E-state index < -0.39 is 0 Å². The van der Waals surface area contributed by atoms with Crippen LogP contribution in [-0.4, -0.2) is 31.2 Å². The van der Waals surface area contributed by atoms with Crippen molar-refractivity contribution in [1.82, 2.24) is 10.3 Å². The van der Waals surface area contributed by atoms with Gasteiger partial charge in [-0.15, -0.1) is 11.3 Å². The standard InChI is InChI=1S/C19H24N2O3S/c1-12-6-4-5-7-14(12)20-18(22)15-11-25-19(21-15)13-8-9-16(23-2)17(10-13)24-3/h8-12,14H,4-7H2,1-3H3,(H,20,22)/t12-,14-/m1/s1.